The predicted octanol–water partition coefficient (Wildman–Crippen LogP) is 5.06. The van der Waals surface area contributed by atoms with Crippen LogP contribution in [0.4, 0.5) is 23.7 Å². The number of alkyl halides is 3. The van der Waals surface area contributed by atoms with Crippen LogP contribution in [0.1, 0.15) is 5.56 Å². The number of benzene rings is 2. The van der Waals surface area contributed by atoms with Crippen molar-refractivity contribution in [1.29, 1.82) is 0 Å². The molecule has 1 aliphatic heterocycles. The van der Waals surface area contributed by atoms with E-state index in [4.69, 9.17) is 0 Å². The first-order chi connectivity index (χ1) is 13.9. The number of aromatic nitrogens is 2. The summed E-state index contributed by atoms with van der Waals surface area (Å²) in [5, 5.41) is 2.32. The smallest absolute Gasteiger partial charge is 0.406 e. The van der Waals surface area contributed by atoms with Crippen LogP contribution >= 0.6 is 11.8 Å². The second kappa shape index (κ2) is 7.55. The number of carbonyl (C=O) groups is 1. The number of amidine groups is 1. The Morgan fingerprint density at radius 1 is 1.07 bits per heavy atom. The van der Waals surface area contributed by atoms with Crippen LogP contribution in [0.15, 0.2) is 64.8 Å². The van der Waals surface area contributed by atoms with Crippen molar-refractivity contribution in [3.05, 3.63) is 65.3 Å². The lowest BCUT2D eigenvalue weighted by Gasteiger charge is -2.08. The molecule has 6 nitrogen and oxygen atoms in total. The van der Waals surface area contributed by atoms with E-state index in [1.165, 1.54) is 12.1 Å². The van der Waals surface area contributed by atoms with Crippen molar-refractivity contribution in [2.75, 3.05) is 0 Å². The minimum absolute atomic E-state index is 0.297. The van der Waals surface area contributed by atoms with Crippen LogP contribution in [-0.2, 0) is 0 Å². The van der Waals surface area contributed by atoms with E-state index in [0.717, 1.165) is 29.5 Å². The molecule has 0 aliphatic carbocycles. The zero-order valence-electron chi connectivity index (χ0n) is 14.5. The third kappa shape index (κ3) is 4.54. The van der Waals surface area contributed by atoms with Crippen LogP contribution < -0.4 is 10.1 Å². The molecule has 2 aromatic carbocycles. The highest BCUT2D eigenvalue weighted by Crippen LogP contribution is 2.31. The van der Waals surface area contributed by atoms with Crippen molar-refractivity contribution in [3.63, 3.8) is 0 Å². The van der Waals surface area contributed by atoms with Crippen molar-refractivity contribution in [3.8, 4) is 5.75 Å². The van der Waals surface area contributed by atoms with Gasteiger partial charge in [0, 0.05) is 18.0 Å². The Kier molecular flexibility index (Phi) is 4.93. The van der Waals surface area contributed by atoms with Crippen LogP contribution in [0.25, 0.3) is 17.1 Å². The molecule has 1 N–H and O–H groups in total. The zero-order valence-corrected chi connectivity index (χ0v) is 15.3. The average Bonchev–Trinajstić information content (AvgIpc) is 3.01. The summed E-state index contributed by atoms with van der Waals surface area (Å²) in [6.45, 7) is 0. The number of amides is 1. The number of aliphatic imine (C=N–C) groups is 1. The molecule has 1 aliphatic rings. The van der Waals surface area contributed by atoms with E-state index < -0.39 is 6.36 Å². The number of hydrogen-bond acceptors (Lipinski definition) is 6. The first-order valence-electron chi connectivity index (χ1n) is 8.22. The molecule has 0 unspecified atom stereocenters. The third-order valence-corrected chi connectivity index (χ3v) is 4.60. The lowest BCUT2D eigenvalue weighted by atomic mass is 10.1. The van der Waals surface area contributed by atoms with Crippen LogP contribution in [0.2, 0.25) is 0 Å². The summed E-state index contributed by atoms with van der Waals surface area (Å²) >= 11 is 0.966. The van der Waals surface area contributed by atoms with Crippen LogP contribution in [0, 0.1) is 0 Å². The van der Waals surface area contributed by atoms with E-state index in [2.05, 4.69) is 25.0 Å². The molecule has 2 heterocycles. The molecule has 1 fully saturated rings. The molecule has 0 bridgehead atoms. The number of ether oxygens (including phenoxy) is 1. The largest absolute Gasteiger partial charge is 0.573 e. The number of halogens is 3. The lowest BCUT2D eigenvalue weighted by molar-refractivity contribution is -0.274. The Labute approximate surface area is 166 Å². The van der Waals surface area contributed by atoms with Crippen LogP contribution in [0.3, 0.4) is 0 Å². The van der Waals surface area contributed by atoms with Crippen molar-refractivity contribution in [2.45, 2.75) is 6.36 Å². The zero-order chi connectivity index (χ0) is 20.4. The summed E-state index contributed by atoms with van der Waals surface area (Å²) in [7, 11) is 0. The van der Waals surface area contributed by atoms with Gasteiger partial charge in [-0.2, -0.15) is 0 Å². The van der Waals surface area contributed by atoms with Gasteiger partial charge in [-0.1, -0.05) is 12.1 Å². The predicted molar refractivity (Wildman–Crippen MR) is 104 cm³/mol. The third-order valence-electron chi connectivity index (χ3n) is 3.78. The number of hydrogen-bond donors (Lipinski definition) is 1. The van der Waals surface area contributed by atoms with E-state index in [9.17, 15) is 18.0 Å². The molecular weight excluding hydrogens is 405 g/mol. The maximum atomic E-state index is 12.3. The van der Waals surface area contributed by atoms with Crippen LogP contribution in [0.5, 0.6) is 5.75 Å². The Hall–Kier alpha value is -3.40. The van der Waals surface area contributed by atoms with Gasteiger partial charge in [0.15, 0.2) is 0 Å². The molecule has 3 aromatic rings. The fraction of sp³-hybridized carbons (Fsp3) is 0.0526. The van der Waals surface area contributed by atoms with Crippen molar-refractivity contribution >= 4 is 45.6 Å². The number of para-hydroxylation sites is 1. The highest BCUT2D eigenvalue weighted by atomic mass is 32.2. The minimum atomic E-state index is -4.76. The second-order valence-electron chi connectivity index (χ2n) is 5.80. The Balaban J connectivity index is 1.66. The highest BCUT2D eigenvalue weighted by molar-refractivity contribution is 8.18. The number of nitrogens with zero attached hydrogens (tertiary/aromatic N) is 3. The average molecular weight is 416 g/mol. The Bertz CT molecular complexity index is 1140. The van der Waals surface area contributed by atoms with E-state index in [0.29, 0.717) is 27.5 Å². The fourth-order valence-electron chi connectivity index (χ4n) is 2.64. The second-order valence-corrected chi connectivity index (χ2v) is 6.81. The van der Waals surface area contributed by atoms with Crippen LogP contribution in [-0.4, -0.2) is 27.4 Å². The Morgan fingerprint density at radius 3 is 2.59 bits per heavy atom. The summed E-state index contributed by atoms with van der Waals surface area (Å²) in [4.78, 5) is 25.3. The van der Waals surface area contributed by atoms with E-state index in [1.54, 1.807) is 18.5 Å². The lowest BCUT2D eigenvalue weighted by Crippen LogP contribution is -2.18. The first kappa shape index (κ1) is 18.9. The molecule has 1 aromatic heterocycles. The number of carbonyl (C=O) groups excluding carboxylic acids is 1. The van der Waals surface area contributed by atoms with E-state index in [1.807, 2.05) is 18.2 Å². The van der Waals surface area contributed by atoms with Gasteiger partial charge in [-0.3, -0.25) is 14.8 Å². The fourth-order valence-corrected chi connectivity index (χ4v) is 3.36. The molecule has 0 spiro atoms. The molecule has 0 atom stereocenters. The van der Waals surface area contributed by atoms with Gasteiger partial charge in [-0.05, 0) is 48.2 Å². The molecule has 29 heavy (non-hydrogen) atoms. The summed E-state index contributed by atoms with van der Waals surface area (Å²) in [5.74, 6) is -0.0539. The molecule has 4 rings (SSSR count). The number of nitrogens with one attached hydrogen (secondary N) is 1. The highest BCUT2D eigenvalue weighted by Gasteiger charge is 2.31. The Morgan fingerprint density at radius 2 is 1.83 bits per heavy atom. The summed E-state index contributed by atoms with van der Waals surface area (Å²) < 4.78 is 40.6. The van der Waals surface area contributed by atoms with Gasteiger partial charge in [-0.15, -0.1) is 13.2 Å². The monoisotopic (exact) mass is 416 g/mol. The molecule has 146 valence electrons. The number of rotatable bonds is 3. The topological polar surface area (TPSA) is 76.5 Å². The molecule has 0 saturated carbocycles. The number of thioether (sulfide) groups is 1. The van der Waals surface area contributed by atoms with Crippen molar-refractivity contribution < 1.29 is 22.7 Å². The molecule has 0 radical (unpaired) electrons. The summed E-state index contributed by atoms with van der Waals surface area (Å²) in [6, 6.07) is 10.5. The maximum Gasteiger partial charge on any atom is 0.573 e. The molecular formula is C19H11F3N4O2S. The maximum absolute atomic E-state index is 12.3. The number of fused-ring (bicyclic) bond motifs is 1. The van der Waals surface area contributed by atoms with Gasteiger partial charge in [0.1, 0.15) is 11.6 Å². The quantitative estimate of drug-likeness (QED) is 0.646. The summed E-state index contributed by atoms with van der Waals surface area (Å²) in [5.41, 5.74) is 2.51. The first-order valence-corrected chi connectivity index (χ1v) is 9.04. The summed E-state index contributed by atoms with van der Waals surface area (Å²) in [6.07, 6.45) is 0.170. The van der Waals surface area contributed by atoms with E-state index in [-0.39, 0.29) is 11.0 Å². The minimum Gasteiger partial charge on any atom is -0.406 e. The molecule has 10 heteroatoms. The molecule has 1 saturated heterocycles. The van der Waals surface area contributed by atoms with Gasteiger partial charge in [-0.25, -0.2) is 4.99 Å². The van der Waals surface area contributed by atoms with E-state index >= 15 is 0 Å². The van der Waals surface area contributed by atoms with Gasteiger partial charge in [0.2, 0.25) is 0 Å². The van der Waals surface area contributed by atoms with Crippen molar-refractivity contribution in [1.82, 2.24) is 15.3 Å². The van der Waals surface area contributed by atoms with Crippen molar-refractivity contribution in [2.24, 2.45) is 4.99 Å². The van der Waals surface area contributed by atoms with Gasteiger partial charge >= 0.3 is 6.36 Å². The normalized spacial score (nSPS) is 17.1. The molecule has 1 amide bonds. The van der Waals surface area contributed by atoms with Gasteiger partial charge in [0.25, 0.3) is 5.24 Å². The standard InChI is InChI=1S/C19H11F3N4O2S/c20-19(21,22)28-13-6-4-12(5-7-13)25-17-15(29-18(27)26-17)10-11-2-1-3-14-16(11)24-9-8-23-14/h1-10H,(H,25,26,27)/b15-10-. The van der Waals surface area contributed by atoms with Gasteiger partial charge in [0.05, 0.1) is 21.6 Å². The SMILES string of the molecule is O=C1NC(=Nc2ccc(OC(F)(F)F)cc2)/C(=C/c2cccc3nccnc23)S1. The van der Waals surface area contributed by atoms with Gasteiger partial charge < -0.3 is 10.1 Å².